The van der Waals surface area contributed by atoms with Crippen molar-refractivity contribution in [1.29, 1.82) is 0 Å². The minimum absolute atomic E-state index is 0.00315. The lowest BCUT2D eigenvalue weighted by Gasteiger charge is -2.30. The average Bonchev–Trinajstić information content (AvgIpc) is 2.09. The van der Waals surface area contributed by atoms with E-state index in [1.807, 2.05) is 0 Å². The van der Waals surface area contributed by atoms with Crippen LogP contribution in [0.3, 0.4) is 0 Å². The number of carbonyl (C=O) groups is 1. The molecule has 1 rings (SSSR count). The van der Waals surface area contributed by atoms with Gasteiger partial charge in [-0.05, 0) is 6.92 Å². The third-order valence-corrected chi connectivity index (χ3v) is 2.57. The maximum absolute atomic E-state index is 10.9. The summed E-state index contributed by atoms with van der Waals surface area (Å²) < 4.78 is 0. The van der Waals surface area contributed by atoms with Crippen LogP contribution < -0.4 is 0 Å². The summed E-state index contributed by atoms with van der Waals surface area (Å²) in [6, 6.07) is 0. The van der Waals surface area contributed by atoms with Gasteiger partial charge in [0, 0.05) is 30.3 Å². The van der Waals surface area contributed by atoms with Gasteiger partial charge in [0.25, 0.3) is 0 Å². The van der Waals surface area contributed by atoms with Gasteiger partial charge < -0.3 is 10.0 Å². The van der Waals surface area contributed by atoms with Gasteiger partial charge in [-0.3, -0.25) is 10.1 Å². The van der Waals surface area contributed by atoms with Gasteiger partial charge >= 0.3 is 11.5 Å². The van der Waals surface area contributed by atoms with Crippen LogP contribution in [0.2, 0.25) is 0 Å². The number of hydrogen-bond donors (Lipinski definition) is 1. The van der Waals surface area contributed by atoms with Crippen molar-refractivity contribution in [3.63, 3.8) is 0 Å². The van der Waals surface area contributed by atoms with Crippen LogP contribution in [0.15, 0.2) is 11.8 Å². The Labute approximate surface area is 81.0 Å². The van der Waals surface area contributed by atoms with Crippen LogP contribution in [-0.2, 0) is 4.79 Å². The first-order valence-corrected chi connectivity index (χ1v) is 4.18. The molecule has 1 aliphatic heterocycles. The Morgan fingerprint density at radius 1 is 1.79 bits per heavy atom. The molecule has 0 bridgehead atoms. The maximum atomic E-state index is 10.9. The molecule has 0 aromatic heterocycles. The smallest absolute Gasteiger partial charge is 0.386 e. The highest BCUT2D eigenvalue weighted by Gasteiger charge is 2.51. The quantitative estimate of drug-likeness (QED) is 0.512. The van der Waals surface area contributed by atoms with Gasteiger partial charge in [-0.15, -0.1) is 0 Å². The van der Waals surface area contributed by atoms with E-state index in [-0.39, 0.29) is 6.42 Å². The van der Waals surface area contributed by atoms with Crippen molar-refractivity contribution in [2.24, 2.45) is 0 Å². The predicted molar refractivity (Wildman–Crippen MR) is 48.4 cm³/mol. The van der Waals surface area contributed by atoms with E-state index in [4.69, 9.17) is 5.11 Å². The molecule has 0 amide bonds. The Balaban J connectivity index is 3.15. The van der Waals surface area contributed by atoms with Crippen molar-refractivity contribution in [2.75, 3.05) is 13.6 Å². The highest BCUT2D eigenvalue weighted by atomic mass is 16.6. The molecular formula is C8H12N2O4. The standard InChI is InChI=1S/C8H12N2O4/c1-6-5-8(7(11)12,10(13)14)3-4-9(6)2/h5H,3-4H2,1-2H3,(H,11,12). The van der Waals surface area contributed by atoms with Gasteiger partial charge in [0.15, 0.2) is 0 Å². The zero-order chi connectivity index (χ0) is 10.9. The van der Waals surface area contributed by atoms with E-state index in [0.717, 1.165) is 0 Å². The molecule has 0 spiro atoms. The van der Waals surface area contributed by atoms with Crippen LogP contribution >= 0.6 is 0 Å². The molecule has 1 aliphatic rings. The fraction of sp³-hybridized carbons (Fsp3) is 0.625. The van der Waals surface area contributed by atoms with Gasteiger partial charge in [0.1, 0.15) is 0 Å². The monoisotopic (exact) mass is 200 g/mol. The fourth-order valence-electron chi connectivity index (χ4n) is 1.43. The zero-order valence-corrected chi connectivity index (χ0v) is 8.06. The lowest BCUT2D eigenvalue weighted by molar-refractivity contribution is -0.543. The summed E-state index contributed by atoms with van der Waals surface area (Å²) in [5, 5.41) is 19.6. The molecule has 0 aromatic rings. The van der Waals surface area contributed by atoms with Crippen LogP contribution in [0.1, 0.15) is 13.3 Å². The lowest BCUT2D eigenvalue weighted by Crippen LogP contribution is -2.50. The van der Waals surface area contributed by atoms with Gasteiger partial charge in [-0.25, -0.2) is 4.79 Å². The minimum Gasteiger partial charge on any atom is -0.476 e. The van der Waals surface area contributed by atoms with Crippen molar-refractivity contribution >= 4 is 5.97 Å². The fourth-order valence-corrected chi connectivity index (χ4v) is 1.43. The topological polar surface area (TPSA) is 83.7 Å². The third-order valence-electron chi connectivity index (χ3n) is 2.57. The van der Waals surface area contributed by atoms with Crippen molar-refractivity contribution < 1.29 is 14.8 Å². The van der Waals surface area contributed by atoms with E-state index < -0.39 is 16.4 Å². The molecular weight excluding hydrogens is 188 g/mol. The average molecular weight is 200 g/mol. The molecule has 0 fully saturated rings. The summed E-state index contributed by atoms with van der Waals surface area (Å²) in [4.78, 5) is 22.7. The number of aliphatic carboxylic acids is 1. The number of carboxylic acids is 1. The molecule has 0 radical (unpaired) electrons. The molecule has 1 atom stereocenters. The Hall–Kier alpha value is -1.59. The van der Waals surface area contributed by atoms with E-state index in [9.17, 15) is 14.9 Å². The molecule has 6 heteroatoms. The molecule has 6 nitrogen and oxygen atoms in total. The van der Waals surface area contributed by atoms with Crippen LogP contribution in [0, 0.1) is 10.1 Å². The van der Waals surface area contributed by atoms with E-state index in [0.29, 0.717) is 12.2 Å². The second-order valence-electron chi connectivity index (χ2n) is 3.44. The Morgan fingerprint density at radius 2 is 2.36 bits per heavy atom. The molecule has 0 saturated heterocycles. The van der Waals surface area contributed by atoms with E-state index in [1.165, 1.54) is 6.08 Å². The predicted octanol–water partition coefficient (Wildman–Crippen LogP) is 0.326. The van der Waals surface area contributed by atoms with E-state index >= 15 is 0 Å². The first kappa shape index (κ1) is 10.5. The van der Waals surface area contributed by atoms with Gasteiger partial charge in [-0.2, -0.15) is 0 Å². The summed E-state index contributed by atoms with van der Waals surface area (Å²) >= 11 is 0. The molecule has 14 heavy (non-hydrogen) atoms. The molecule has 1 unspecified atom stereocenters. The summed E-state index contributed by atoms with van der Waals surface area (Å²) in [6.07, 6.45) is 1.21. The molecule has 1 heterocycles. The normalized spacial score (nSPS) is 27.0. The van der Waals surface area contributed by atoms with Crippen molar-refractivity contribution in [1.82, 2.24) is 4.90 Å². The Bertz CT molecular complexity index is 296. The number of carboxylic acid groups (broad SMARTS) is 1. The lowest BCUT2D eigenvalue weighted by atomic mass is 9.91. The number of nitro groups is 1. The van der Waals surface area contributed by atoms with Crippen molar-refractivity contribution in [2.45, 2.75) is 18.9 Å². The molecule has 0 aliphatic carbocycles. The van der Waals surface area contributed by atoms with E-state index in [2.05, 4.69) is 0 Å². The van der Waals surface area contributed by atoms with Crippen LogP contribution in [0.5, 0.6) is 0 Å². The van der Waals surface area contributed by atoms with Crippen LogP contribution in [-0.4, -0.2) is 40.0 Å². The number of hydrogen-bond acceptors (Lipinski definition) is 4. The molecule has 0 saturated carbocycles. The van der Waals surface area contributed by atoms with Crippen LogP contribution in [0.4, 0.5) is 0 Å². The van der Waals surface area contributed by atoms with Gasteiger partial charge in [-0.1, -0.05) is 0 Å². The second kappa shape index (κ2) is 3.28. The zero-order valence-electron chi connectivity index (χ0n) is 8.06. The molecule has 1 N–H and O–H groups in total. The molecule has 78 valence electrons. The third kappa shape index (κ3) is 1.43. The van der Waals surface area contributed by atoms with Crippen molar-refractivity contribution in [3.05, 3.63) is 21.9 Å². The Morgan fingerprint density at radius 3 is 2.71 bits per heavy atom. The van der Waals surface area contributed by atoms with E-state index in [1.54, 1.807) is 18.9 Å². The van der Waals surface area contributed by atoms with Gasteiger partial charge in [0.05, 0.1) is 6.42 Å². The summed E-state index contributed by atoms with van der Waals surface area (Å²) in [6.45, 7) is 2.05. The SMILES string of the molecule is CC1=CC(C(=O)O)([N+](=O)[O-])CCN1C. The maximum Gasteiger partial charge on any atom is 0.386 e. The second-order valence-corrected chi connectivity index (χ2v) is 3.44. The number of rotatable bonds is 2. The summed E-state index contributed by atoms with van der Waals surface area (Å²) in [5.74, 6) is -1.39. The minimum atomic E-state index is -1.93. The first-order valence-electron chi connectivity index (χ1n) is 4.18. The number of nitrogens with zero attached hydrogens (tertiary/aromatic N) is 2. The summed E-state index contributed by atoms with van der Waals surface area (Å²) in [5.41, 5.74) is -1.31. The highest BCUT2D eigenvalue weighted by molar-refractivity contribution is 5.80. The van der Waals surface area contributed by atoms with Gasteiger partial charge in [0.2, 0.25) is 0 Å². The molecule has 0 aromatic carbocycles. The first-order chi connectivity index (χ1) is 6.40. The largest absolute Gasteiger partial charge is 0.476 e. The van der Waals surface area contributed by atoms with Crippen molar-refractivity contribution in [3.8, 4) is 0 Å². The Kier molecular flexibility index (Phi) is 2.46. The number of allylic oxidation sites excluding steroid dienone is 1. The summed E-state index contributed by atoms with van der Waals surface area (Å²) in [7, 11) is 1.78. The van der Waals surface area contributed by atoms with Crippen LogP contribution in [0.25, 0.3) is 0 Å². The highest BCUT2D eigenvalue weighted by Crippen LogP contribution is 2.25.